The second kappa shape index (κ2) is 9.60. The van der Waals surface area contributed by atoms with Crippen LogP contribution in [0.2, 0.25) is 0 Å². The van der Waals surface area contributed by atoms with E-state index in [0.717, 1.165) is 23.3 Å². The van der Waals surface area contributed by atoms with Crippen molar-refractivity contribution in [1.82, 2.24) is 10.6 Å². The van der Waals surface area contributed by atoms with Crippen molar-refractivity contribution in [3.05, 3.63) is 76.5 Å². The molecule has 2 aliphatic rings. The molecule has 0 saturated heterocycles. The molecular formula is C23H20F4N2O2S. The van der Waals surface area contributed by atoms with Crippen molar-refractivity contribution in [2.45, 2.75) is 38.5 Å². The van der Waals surface area contributed by atoms with Gasteiger partial charge in [-0.25, -0.2) is 0 Å². The van der Waals surface area contributed by atoms with Crippen LogP contribution in [0.3, 0.4) is 0 Å². The molecule has 1 aliphatic heterocycles. The quantitative estimate of drug-likeness (QED) is 0.410. The van der Waals surface area contributed by atoms with E-state index in [0.29, 0.717) is 29.1 Å². The highest BCUT2D eigenvalue weighted by molar-refractivity contribution is 7.80. The molecule has 32 heavy (non-hydrogen) atoms. The lowest BCUT2D eigenvalue weighted by Crippen LogP contribution is -2.45. The Morgan fingerprint density at radius 1 is 0.906 bits per heavy atom. The van der Waals surface area contributed by atoms with Gasteiger partial charge in [0, 0.05) is 16.8 Å². The molecule has 0 amide bonds. The standard InChI is InChI=1S/C23H20F4N2O2S/c24-21(25)30-17-10-3-1-6-13(17)12-14-7-5-9-16-19(14)28-23(32)29-20(16)15-8-2-4-11-18(15)31-22(26)27/h1-4,6,8,10-12,20-22H,5,7,9H2,(H2,28,29,32). The van der Waals surface area contributed by atoms with Gasteiger partial charge in [0.15, 0.2) is 5.11 Å². The maximum absolute atomic E-state index is 12.9. The molecule has 1 heterocycles. The number of ether oxygens (including phenoxy) is 2. The summed E-state index contributed by atoms with van der Waals surface area (Å²) in [5, 5.41) is 6.65. The molecule has 9 heteroatoms. The molecular weight excluding hydrogens is 444 g/mol. The van der Waals surface area contributed by atoms with Gasteiger partial charge in [-0.3, -0.25) is 0 Å². The largest absolute Gasteiger partial charge is 0.434 e. The average Bonchev–Trinajstić information content (AvgIpc) is 2.75. The summed E-state index contributed by atoms with van der Waals surface area (Å²) in [6, 6.07) is 12.7. The molecule has 168 valence electrons. The summed E-state index contributed by atoms with van der Waals surface area (Å²) in [5.41, 5.74) is 3.64. The number of halogens is 4. The lowest BCUT2D eigenvalue weighted by molar-refractivity contribution is -0.0510. The maximum atomic E-state index is 12.9. The van der Waals surface area contributed by atoms with E-state index in [9.17, 15) is 17.6 Å². The van der Waals surface area contributed by atoms with E-state index in [1.165, 1.54) is 12.1 Å². The Kier molecular flexibility index (Phi) is 6.64. The Morgan fingerprint density at radius 2 is 1.56 bits per heavy atom. The number of rotatable bonds is 6. The molecule has 1 unspecified atom stereocenters. The first kappa shape index (κ1) is 22.1. The number of thiocarbonyl (C=S) groups is 1. The average molecular weight is 464 g/mol. The molecule has 4 rings (SSSR count). The first-order chi connectivity index (χ1) is 15.4. The predicted octanol–water partition coefficient (Wildman–Crippen LogP) is 5.93. The Labute approximate surface area is 187 Å². The maximum Gasteiger partial charge on any atom is 0.387 e. The van der Waals surface area contributed by atoms with Crippen LogP contribution in [0.25, 0.3) is 6.08 Å². The molecule has 0 aromatic heterocycles. The fourth-order valence-electron chi connectivity index (χ4n) is 4.07. The minimum absolute atomic E-state index is 0.0725. The fourth-order valence-corrected chi connectivity index (χ4v) is 4.29. The van der Waals surface area contributed by atoms with Crippen LogP contribution >= 0.6 is 12.2 Å². The normalized spacial score (nSPS) is 19.6. The van der Waals surface area contributed by atoms with E-state index in [-0.39, 0.29) is 11.5 Å². The number of benzene rings is 2. The van der Waals surface area contributed by atoms with Crippen molar-refractivity contribution in [2.75, 3.05) is 0 Å². The minimum atomic E-state index is -2.95. The summed E-state index contributed by atoms with van der Waals surface area (Å²) < 4.78 is 60.9. The third-order valence-corrected chi connectivity index (χ3v) is 5.53. The van der Waals surface area contributed by atoms with Gasteiger partial charge in [-0.2, -0.15) is 17.6 Å². The van der Waals surface area contributed by atoms with Crippen molar-refractivity contribution in [1.29, 1.82) is 0 Å². The summed E-state index contributed by atoms with van der Waals surface area (Å²) in [7, 11) is 0. The third kappa shape index (κ3) is 4.88. The lowest BCUT2D eigenvalue weighted by atomic mass is 9.83. The van der Waals surface area contributed by atoms with Crippen molar-refractivity contribution in [3.63, 3.8) is 0 Å². The topological polar surface area (TPSA) is 42.5 Å². The smallest absolute Gasteiger partial charge is 0.387 e. The Balaban J connectivity index is 1.76. The zero-order chi connectivity index (χ0) is 22.7. The van der Waals surface area contributed by atoms with E-state index in [1.54, 1.807) is 42.5 Å². The van der Waals surface area contributed by atoms with Crippen LogP contribution in [0.15, 0.2) is 65.4 Å². The minimum Gasteiger partial charge on any atom is -0.434 e. The van der Waals surface area contributed by atoms with Gasteiger partial charge in [0.05, 0.1) is 6.04 Å². The summed E-state index contributed by atoms with van der Waals surface area (Å²) in [6.07, 6.45) is 4.00. The first-order valence-corrected chi connectivity index (χ1v) is 10.4. The number of alkyl halides is 4. The fraction of sp³-hybridized carbons (Fsp3) is 0.261. The van der Waals surface area contributed by atoms with Gasteiger partial charge in [0.1, 0.15) is 11.5 Å². The Morgan fingerprint density at radius 3 is 2.31 bits per heavy atom. The van der Waals surface area contributed by atoms with Crippen LogP contribution in [-0.4, -0.2) is 18.3 Å². The number of allylic oxidation sites excluding steroid dienone is 1. The molecule has 0 radical (unpaired) electrons. The molecule has 4 nitrogen and oxygen atoms in total. The third-order valence-electron chi connectivity index (χ3n) is 5.31. The molecule has 1 atom stereocenters. The van der Waals surface area contributed by atoms with Crippen LogP contribution in [0.4, 0.5) is 17.6 Å². The second-order valence-electron chi connectivity index (χ2n) is 7.29. The molecule has 1 aliphatic carbocycles. The van der Waals surface area contributed by atoms with E-state index < -0.39 is 19.3 Å². The molecule has 2 N–H and O–H groups in total. The van der Waals surface area contributed by atoms with Gasteiger partial charge in [-0.05, 0) is 60.8 Å². The number of hydrogen-bond acceptors (Lipinski definition) is 3. The second-order valence-corrected chi connectivity index (χ2v) is 7.70. The van der Waals surface area contributed by atoms with E-state index >= 15 is 0 Å². The number of para-hydroxylation sites is 2. The zero-order valence-corrected chi connectivity index (χ0v) is 17.6. The van der Waals surface area contributed by atoms with Crippen molar-refractivity contribution < 1.29 is 27.0 Å². The van der Waals surface area contributed by atoms with Crippen LogP contribution in [0.5, 0.6) is 11.5 Å². The Bertz CT molecular complexity index is 1070. The van der Waals surface area contributed by atoms with Gasteiger partial charge in [0.25, 0.3) is 0 Å². The molecule has 2 aromatic rings. The van der Waals surface area contributed by atoms with E-state index in [1.807, 2.05) is 0 Å². The SMILES string of the molecule is FC(F)Oc1ccccc1C=C1CCCC2=C1NC(=S)NC2c1ccccc1OC(F)F. The molecule has 0 saturated carbocycles. The summed E-state index contributed by atoms with van der Waals surface area (Å²) in [5.74, 6) is 0.148. The Hall–Kier alpha value is -3.07. The van der Waals surface area contributed by atoms with Crippen molar-refractivity contribution in [2.24, 2.45) is 0 Å². The van der Waals surface area contributed by atoms with E-state index in [4.69, 9.17) is 17.0 Å². The van der Waals surface area contributed by atoms with E-state index in [2.05, 4.69) is 15.4 Å². The highest BCUT2D eigenvalue weighted by Gasteiger charge is 2.32. The summed E-state index contributed by atoms with van der Waals surface area (Å²) in [4.78, 5) is 0. The van der Waals surface area contributed by atoms with Crippen LogP contribution in [0, 0.1) is 0 Å². The van der Waals surface area contributed by atoms with Gasteiger partial charge in [-0.1, -0.05) is 36.4 Å². The van der Waals surface area contributed by atoms with Gasteiger partial charge in [0.2, 0.25) is 0 Å². The van der Waals surface area contributed by atoms with Crippen molar-refractivity contribution in [3.8, 4) is 11.5 Å². The first-order valence-electron chi connectivity index (χ1n) is 10.0. The molecule has 0 fully saturated rings. The monoisotopic (exact) mass is 464 g/mol. The highest BCUT2D eigenvalue weighted by atomic mass is 32.1. The van der Waals surface area contributed by atoms with Crippen LogP contribution in [0.1, 0.15) is 36.4 Å². The van der Waals surface area contributed by atoms with Gasteiger partial charge < -0.3 is 20.1 Å². The van der Waals surface area contributed by atoms with Crippen LogP contribution < -0.4 is 20.1 Å². The molecule has 0 spiro atoms. The molecule has 0 bridgehead atoms. The molecule has 2 aromatic carbocycles. The predicted molar refractivity (Wildman–Crippen MR) is 117 cm³/mol. The van der Waals surface area contributed by atoms with Crippen LogP contribution in [-0.2, 0) is 0 Å². The summed E-state index contributed by atoms with van der Waals surface area (Å²) in [6.45, 7) is -5.89. The zero-order valence-electron chi connectivity index (χ0n) is 16.8. The summed E-state index contributed by atoms with van der Waals surface area (Å²) >= 11 is 5.39. The van der Waals surface area contributed by atoms with Gasteiger partial charge >= 0.3 is 13.2 Å². The van der Waals surface area contributed by atoms with Crippen molar-refractivity contribution >= 4 is 23.4 Å². The highest BCUT2D eigenvalue weighted by Crippen LogP contribution is 2.41. The number of nitrogens with one attached hydrogen (secondary N) is 2. The lowest BCUT2D eigenvalue weighted by Gasteiger charge is -2.36. The van der Waals surface area contributed by atoms with Gasteiger partial charge in [-0.15, -0.1) is 0 Å². The number of hydrogen-bond donors (Lipinski definition) is 2.